The second-order valence-corrected chi connectivity index (χ2v) is 19.2. The summed E-state index contributed by atoms with van der Waals surface area (Å²) < 4.78 is 22.6. The number of ether oxygens (including phenoxy) is 4. The molecule has 9 nitrogen and oxygen atoms in total. The van der Waals surface area contributed by atoms with E-state index in [2.05, 4.69) is 38.2 Å². The maximum absolute atomic E-state index is 12.8. The van der Waals surface area contributed by atoms with Crippen molar-refractivity contribution in [3.63, 3.8) is 0 Å². The van der Waals surface area contributed by atoms with Gasteiger partial charge in [0.05, 0.1) is 40.3 Å². The monoisotopic (exact) mass is 892 g/mol. The third kappa shape index (κ3) is 47.5. The summed E-state index contributed by atoms with van der Waals surface area (Å²) in [7, 11) is 5.91. The van der Waals surface area contributed by atoms with E-state index in [-0.39, 0.29) is 32.2 Å². The summed E-state index contributed by atoms with van der Waals surface area (Å²) in [5.41, 5.74) is 0. The average Bonchev–Trinajstić information content (AvgIpc) is 3.24. The molecule has 0 spiro atoms. The molecule has 0 aliphatic carbocycles. The van der Waals surface area contributed by atoms with Crippen LogP contribution in [-0.4, -0.2) is 82.3 Å². The van der Waals surface area contributed by atoms with E-state index in [9.17, 15) is 19.5 Å². The van der Waals surface area contributed by atoms with Gasteiger partial charge in [0.2, 0.25) is 0 Å². The molecule has 0 aliphatic rings. The zero-order valence-electron chi connectivity index (χ0n) is 42.0. The number of aliphatic carboxylic acids is 1. The molecular formula is C54H101NO8. The van der Waals surface area contributed by atoms with E-state index in [4.69, 9.17) is 18.9 Å². The summed E-state index contributed by atoms with van der Waals surface area (Å²) >= 11 is 0. The molecule has 0 aromatic rings. The number of rotatable bonds is 49. The standard InChI is InChI=1S/C54H101NO8/c1-6-8-10-12-14-16-18-20-22-23-24-25-26-27-28-29-30-31-33-34-36-38-40-42-44-51(56)61-48-50(49-62-54(53(58)59)60-47-46-55(3,4)5)63-52(57)45-43-41-39-37-35-32-21-19-17-15-13-11-9-7-2/h13,15,19,21,50,54H,6-12,14,16-18,20,22-49H2,1-5H3/b15-13-,21-19-. The number of carbonyl (C=O) groups is 3. The number of carboxylic acids is 1. The second kappa shape index (κ2) is 46.3. The zero-order chi connectivity index (χ0) is 46.3. The van der Waals surface area contributed by atoms with E-state index in [1.54, 1.807) is 0 Å². The van der Waals surface area contributed by atoms with Gasteiger partial charge in [0.25, 0.3) is 0 Å². The first-order chi connectivity index (χ1) is 30.6. The minimum atomic E-state index is -1.62. The van der Waals surface area contributed by atoms with Gasteiger partial charge in [0.1, 0.15) is 13.2 Å². The SMILES string of the molecule is CCCC/C=C\C/C=C\CCCCCCCC(=O)OC(COC(=O)CCCCCCCCCCCCCCCCCCCCCCCCCC)COC(OCC[N+](C)(C)C)C(=O)[O-]. The summed E-state index contributed by atoms with van der Waals surface area (Å²) in [5.74, 6) is -2.29. The van der Waals surface area contributed by atoms with Crippen LogP contribution < -0.4 is 5.11 Å². The molecule has 2 unspecified atom stereocenters. The molecule has 0 heterocycles. The highest BCUT2D eigenvalue weighted by Gasteiger charge is 2.22. The molecule has 370 valence electrons. The summed E-state index contributed by atoms with van der Waals surface area (Å²) in [6.07, 6.45) is 49.4. The molecule has 9 heteroatoms. The molecule has 0 saturated carbocycles. The van der Waals surface area contributed by atoms with Crippen molar-refractivity contribution >= 4 is 17.9 Å². The lowest BCUT2D eigenvalue weighted by Crippen LogP contribution is -2.44. The average molecular weight is 892 g/mol. The van der Waals surface area contributed by atoms with Gasteiger partial charge in [-0.05, 0) is 38.5 Å². The van der Waals surface area contributed by atoms with E-state index in [1.165, 1.54) is 148 Å². The molecule has 63 heavy (non-hydrogen) atoms. The topological polar surface area (TPSA) is 111 Å². The van der Waals surface area contributed by atoms with E-state index in [1.807, 2.05) is 21.1 Å². The van der Waals surface area contributed by atoms with Gasteiger partial charge in [0, 0.05) is 12.8 Å². The molecule has 0 rings (SSSR count). The number of hydrogen-bond acceptors (Lipinski definition) is 8. The number of allylic oxidation sites excluding steroid dienone is 4. The number of hydrogen-bond donors (Lipinski definition) is 0. The smallest absolute Gasteiger partial charge is 0.306 e. The fraction of sp³-hybridized carbons (Fsp3) is 0.870. The van der Waals surface area contributed by atoms with Crippen LogP contribution in [0, 0.1) is 0 Å². The van der Waals surface area contributed by atoms with Crippen LogP contribution in [0.4, 0.5) is 0 Å². The molecule has 0 aromatic carbocycles. The molecule has 0 saturated heterocycles. The van der Waals surface area contributed by atoms with Gasteiger partial charge in [-0.1, -0.05) is 218 Å². The molecule has 0 bridgehead atoms. The Hall–Kier alpha value is -2.23. The lowest BCUT2D eigenvalue weighted by atomic mass is 10.0. The fourth-order valence-electron chi connectivity index (χ4n) is 7.55. The van der Waals surface area contributed by atoms with Gasteiger partial charge < -0.3 is 33.3 Å². The lowest BCUT2D eigenvalue weighted by Gasteiger charge is -2.26. The van der Waals surface area contributed by atoms with Crippen molar-refractivity contribution in [2.75, 3.05) is 47.5 Å². The third-order valence-corrected chi connectivity index (χ3v) is 11.7. The summed E-state index contributed by atoms with van der Waals surface area (Å²) in [5, 5.41) is 11.7. The highest BCUT2D eigenvalue weighted by molar-refractivity contribution is 5.70. The fourth-order valence-corrected chi connectivity index (χ4v) is 7.55. The molecule has 0 amide bonds. The quantitative estimate of drug-likeness (QED) is 0.0195. The molecule has 0 fully saturated rings. The third-order valence-electron chi connectivity index (χ3n) is 11.7. The molecule has 0 aliphatic heterocycles. The number of carbonyl (C=O) groups excluding carboxylic acids is 3. The number of unbranched alkanes of at least 4 members (excludes halogenated alkanes) is 30. The van der Waals surface area contributed by atoms with Crippen LogP contribution in [0.25, 0.3) is 0 Å². The van der Waals surface area contributed by atoms with Crippen LogP contribution in [0.5, 0.6) is 0 Å². The Bertz CT molecular complexity index is 1090. The normalized spacial score (nSPS) is 13.0. The number of esters is 2. The van der Waals surface area contributed by atoms with Crippen molar-refractivity contribution in [1.82, 2.24) is 0 Å². The van der Waals surface area contributed by atoms with Crippen molar-refractivity contribution < 1.29 is 42.9 Å². The van der Waals surface area contributed by atoms with Crippen LogP contribution >= 0.6 is 0 Å². The molecule has 0 N–H and O–H groups in total. The first-order valence-corrected chi connectivity index (χ1v) is 26.5. The highest BCUT2D eigenvalue weighted by Crippen LogP contribution is 2.17. The summed E-state index contributed by atoms with van der Waals surface area (Å²) in [6.45, 7) is 4.72. The molecular weight excluding hydrogens is 791 g/mol. The highest BCUT2D eigenvalue weighted by atomic mass is 16.7. The van der Waals surface area contributed by atoms with Crippen LogP contribution in [0.15, 0.2) is 24.3 Å². The molecule has 0 radical (unpaired) electrons. The number of likely N-dealkylation sites (N-methyl/N-ethyl adjacent to an activating group) is 1. The Kier molecular flexibility index (Phi) is 44.7. The van der Waals surface area contributed by atoms with Crippen molar-refractivity contribution in [2.24, 2.45) is 0 Å². The molecule has 2 atom stereocenters. The van der Waals surface area contributed by atoms with E-state index in [0.717, 1.165) is 64.2 Å². The van der Waals surface area contributed by atoms with Gasteiger partial charge in [-0.25, -0.2) is 0 Å². The zero-order valence-corrected chi connectivity index (χ0v) is 42.0. The predicted molar refractivity (Wildman–Crippen MR) is 260 cm³/mol. The van der Waals surface area contributed by atoms with Gasteiger partial charge >= 0.3 is 11.9 Å². The maximum atomic E-state index is 12.8. The van der Waals surface area contributed by atoms with Gasteiger partial charge in [-0.3, -0.25) is 9.59 Å². The number of carboxylic acid groups (broad SMARTS) is 1. The minimum Gasteiger partial charge on any atom is -0.545 e. The van der Waals surface area contributed by atoms with Crippen LogP contribution in [-0.2, 0) is 33.3 Å². The van der Waals surface area contributed by atoms with Crippen molar-refractivity contribution in [3.05, 3.63) is 24.3 Å². The van der Waals surface area contributed by atoms with Gasteiger partial charge in [-0.2, -0.15) is 0 Å². The Morgan fingerprint density at radius 2 is 0.873 bits per heavy atom. The summed E-state index contributed by atoms with van der Waals surface area (Å²) in [4.78, 5) is 37.1. The van der Waals surface area contributed by atoms with Crippen LogP contribution in [0.3, 0.4) is 0 Å². The maximum Gasteiger partial charge on any atom is 0.306 e. The first kappa shape index (κ1) is 60.8. The van der Waals surface area contributed by atoms with Crippen molar-refractivity contribution in [2.45, 2.75) is 257 Å². The Morgan fingerprint density at radius 1 is 0.476 bits per heavy atom. The predicted octanol–water partition coefficient (Wildman–Crippen LogP) is 13.5. The first-order valence-electron chi connectivity index (χ1n) is 26.5. The van der Waals surface area contributed by atoms with E-state index >= 15 is 0 Å². The Balaban J connectivity index is 4.21. The second-order valence-electron chi connectivity index (χ2n) is 19.2. The largest absolute Gasteiger partial charge is 0.545 e. The minimum absolute atomic E-state index is 0.147. The molecule has 0 aromatic heterocycles. The van der Waals surface area contributed by atoms with Crippen molar-refractivity contribution in [1.29, 1.82) is 0 Å². The number of nitrogens with zero attached hydrogens (tertiary/aromatic N) is 1. The van der Waals surface area contributed by atoms with E-state index in [0.29, 0.717) is 23.9 Å². The van der Waals surface area contributed by atoms with Crippen LogP contribution in [0.1, 0.15) is 245 Å². The van der Waals surface area contributed by atoms with Crippen molar-refractivity contribution in [3.8, 4) is 0 Å². The lowest BCUT2D eigenvalue weighted by molar-refractivity contribution is -0.870. The number of quaternary nitrogens is 1. The van der Waals surface area contributed by atoms with Gasteiger partial charge in [-0.15, -0.1) is 0 Å². The van der Waals surface area contributed by atoms with Gasteiger partial charge in [0.15, 0.2) is 12.4 Å². The van der Waals surface area contributed by atoms with E-state index < -0.39 is 24.3 Å². The Morgan fingerprint density at radius 3 is 1.30 bits per heavy atom. The summed E-state index contributed by atoms with van der Waals surface area (Å²) in [6, 6.07) is 0. The Labute approximate surface area is 388 Å². The van der Waals surface area contributed by atoms with Crippen LogP contribution in [0.2, 0.25) is 0 Å².